The van der Waals surface area contributed by atoms with Crippen molar-refractivity contribution in [1.29, 1.82) is 0 Å². The van der Waals surface area contributed by atoms with Gasteiger partial charge in [-0.15, -0.1) is 11.8 Å². The second-order valence-corrected chi connectivity index (χ2v) is 7.44. The molecule has 0 saturated heterocycles. The number of nitrogens with one attached hydrogen (secondary N) is 1. The minimum atomic E-state index is -0.161. The van der Waals surface area contributed by atoms with Gasteiger partial charge in [0.1, 0.15) is 5.75 Å². The standard InChI is InChI=1S/C20H25NO2S/c1-13-6-7-14(2)19(12-13)15(3)21-20(22)16(4)24-18-10-8-17(23-5)9-11-18/h6-12,15-16H,1-5H3,(H,21,22)/t15-,16-/m0/s1. The normalized spacial score (nSPS) is 13.2. The van der Waals surface area contributed by atoms with Gasteiger partial charge in [-0.05, 0) is 63.1 Å². The molecule has 3 nitrogen and oxygen atoms in total. The Hall–Kier alpha value is -1.94. The highest BCUT2D eigenvalue weighted by Gasteiger charge is 2.18. The molecule has 0 unspecified atom stereocenters. The average Bonchev–Trinajstić information content (AvgIpc) is 2.57. The van der Waals surface area contributed by atoms with Crippen LogP contribution >= 0.6 is 11.8 Å². The van der Waals surface area contributed by atoms with E-state index in [1.807, 2.05) is 38.1 Å². The van der Waals surface area contributed by atoms with E-state index in [0.717, 1.165) is 10.6 Å². The summed E-state index contributed by atoms with van der Waals surface area (Å²) in [4.78, 5) is 13.5. The number of hydrogen-bond acceptors (Lipinski definition) is 3. The van der Waals surface area contributed by atoms with Crippen LogP contribution in [0.4, 0.5) is 0 Å². The molecule has 2 atom stereocenters. The van der Waals surface area contributed by atoms with Crippen molar-refractivity contribution in [2.45, 2.75) is 43.9 Å². The Morgan fingerprint density at radius 1 is 1.08 bits per heavy atom. The van der Waals surface area contributed by atoms with Crippen molar-refractivity contribution < 1.29 is 9.53 Å². The summed E-state index contributed by atoms with van der Waals surface area (Å²) in [7, 11) is 1.65. The highest BCUT2D eigenvalue weighted by atomic mass is 32.2. The second kappa shape index (κ2) is 8.25. The van der Waals surface area contributed by atoms with Crippen molar-refractivity contribution in [2.24, 2.45) is 0 Å². The molecular weight excluding hydrogens is 318 g/mol. The van der Waals surface area contributed by atoms with Crippen LogP contribution in [0.5, 0.6) is 5.75 Å². The summed E-state index contributed by atoms with van der Waals surface area (Å²) in [5.74, 6) is 0.865. The van der Waals surface area contributed by atoms with Gasteiger partial charge in [0, 0.05) is 4.90 Å². The molecule has 0 fully saturated rings. The number of methoxy groups -OCH3 is 1. The van der Waals surface area contributed by atoms with Crippen molar-refractivity contribution >= 4 is 17.7 Å². The highest BCUT2D eigenvalue weighted by molar-refractivity contribution is 8.00. The molecule has 0 aromatic heterocycles. The third-order valence-electron chi connectivity index (χ3n) is 4.00. The number of carbonyl (C=O) groups is 1. The lowest BCUT2D eigenvalue weighted by Gasteiger charge is -2.20. The molecule has 1 N–H and O–H groups in total. The molecule has 1 amide bonds. The number of carbonyl (C=O) groups excluding carboxylic acids is 1. The molecule has 4 heteroatoms. The van der Waals surface area contributed by atoms with Crippen molar-refractivity contribution in [3.05, 3.63) is 59.2 Å². The fourth-order valence-electron chi connectivity index (χ4n) is 2.55. The van der Waals surface area contributed by atoms with Gasteiger partial charge in [-0.25, -0.2) is 0 Å². The fraction of sp³-hybridized carbons (Fsp3) is 0.350. The van der Waals surface area contributed by atoms with Crippen LogP contribution in [0.15, 0.2) is 47.4 Å². The number of aryl methyl sites for hydroxylation is 2. The fourth-order valence-corrected chi connectivity index (χ4v) is 3.42. The third kappa shape index (κ3) is 4.78. The number of ether oxygens (including phenoxy) is 1. The van der Waals surface area contributed by atoms with Crippen LogP contribution in [0.3, 0.4) is 0 Å². The number of thioether (sulfide) groups is 1. The van der Waals surface area contributed by atoms with Crippen molar-refractivity contribution in [3.63, 3.8) is 0 Å². The van der Waals surface area contributed by atoms with Gasteiger partial charge in [0.2, 0.25) is 5.91 Å². The zero-order valence-corrected chi connectivity index (χ0v) is 15.7. The van der Waals surface area contributed by atoms with Crippen LogP contribution in [0.2, 0.25) is 0 Å². The molecule has 0 saturated carbocycles. The quantitative estimate of drug-likeness (QED) is 0.775. The minimum Gasteiger partial charge on any atom is -0.497 e. The summed E-state index contributed by atoms with van der Waals surface area (Å²) in [5.41, 5.74) is 3.58. The van der Waals surface area contributed by atoms with Crippen LogP contribution in [-0.4, -0.2) is 18.3 Å². The smallest absolute Gasteiger partial charge is 0.233 e. The van der Waals surface area contributed by atoms with Crippen LogP contribution in [0, 0.1) is 13.8 Å². The van der Waals surface area contributed by atoms with E-state index in [0.29, 0.717) is 0 Å². The molecule has 0 spiro atoms. The van der Waals surface area contributed by atoms with Gasteiger partial charge in [-0.2, -0.15) is 0 Å². The zero-order chi connectivity index (χ0) is 17.7. The first kappa shape index (κ1) is 18.4. The predicted octanol–water partition coefficient (Wildman–Crippen LogP) is 4.67. The topological polar surface area (TPSA) is 38.3 Å². The first-order valence-electron chi connectivity index (χ1n) is 8.09. The average molecular weight is 343 g/mol. The SMILES string of the molecule is COc1ccc(S[C@@H](C)C(=O)N[C@@H](C)c2cc(C)ccc2C)cc1. The predicted molar refractivity (Wildman–Crippen MR) is 101 cm³/mol. The maximum absolute atomic E-state index is 12.5. The number of benzene rings is 2. The Kier molecular flexibility index (Phi) is 6.32. The van der Waals surface area contributed by atoms with Crippen LogP contribution in [0.1, 0.15) is 36.6 Å². The lowest BCUT2D eigenvalue weighted by Crippen LogP contribution is -2.33. The summed E-state index contributed by atoms with van der Waals surface area (Å²) in [6, 6.07) is 14.1. The van der Waals surface area contributed by atoms with Crippen molar-refractivity contribution in [2.75, 3.05) is 7.11 Å². The first-order chi connectivity index (χ1) is 11.4. The van der Waals surface area contributed by atoms with Gasteiger partial charge in [-0.1, -0.05) is 23.8 Å². The zero-order valence-electron chi connectivity index (χ0n) is 14.9. The largest absolute Gasteiger partial charge is 0.497 e. The van der Waals surface area contributed by atoms with E-state index in [9.17, 15) is 4.79 Å². The summed E-state index contributed by atoms with van der Waals surface area (Å²) in [6.45, 7) is 8.11. The van der Waals surface area contributed by atoms with E-state index < -0.39 is 0 Å². The van der Waals surface area contributed by atoms with Crippen LogP contribution < -0.4 is 10.1 Å². The maximum atomic E-state index is 12.5. The Labute approximate surface area is 148 Å². The molecule has 0 aliphatic heterocycles. The summed E-state index contributed by atoms with van der Waals surface area (Å²) >= 11 is 1.55. The molecule has 0 bridgehead atoms. The molecule has 24 heavy (non-hydrogen) atoms. The number of amides is 1. The summed E-state index contributed by atoms with van der Waals surface area (Å²) < 4.78 is 5.16. The van der Waals surface area contributed by atoms with Gasteiger partial charge in [0.15, 0.2) is 0 Å². The van der Waals surface area contributed by atoms with Crippen LogP contribution in [0.25, 0.3) is 0 Å². The molecular formula is C20H25NO2S. The molecule has 0 aliphatic rings. The molecule has 128 valence electrons. The Morgan fingerprint density at radius 2 is 1.75 bits per heavy atom. The Balaban J connectivity index is 1.98. The van der Waals surface area contributed by atoms with Gasteiger partial charge >= 0.3 is 0 Å². The molecule has 0 radical (unpaired) electrons. The third-order valence-corrected chi connectivity index (χ3v) is 5.11. The van der Waals surface area contributed by atoms with Crippen molar-refractivity contribution in [3.8, 4) is 5.75 Å². The van der Waals surface area contributed by atoms with E-state index in [1.165, 1.54) is 16.7 Å². The molecule has 0 heterocycles. The second-order valence-electron chi connectivity index (χ2n) is 6.03. The van der Waals surface area contributed by atoms with Gasteiger partial charge in [-0.3, -0.25) is 4.79 Å². The van der Waals surface area contributed by atoms with Crippen molar-refractivity contribution in [1.82, 2.24) is 5.32 Å². The maximum Gasteiger partial charge on any atom is 0.233 e. The lowest BCUT2D eigenvalue weighted by molar-refractivity contribution is -0.120. The molecule has 0 aliphatic carbocycles. The number of rotatable bonds is 6. The van der Waals surface area contributed by atoms with Gasteiger partial charge in [0.25, 0.3) is 0 Å². The Morgan fingerprint density at radius 3 is 2.38 bits per heavy atom. The van der Waals surface area contributed by atoms with E-state index in [-0.39, 0.29) is 17.2 Å². The van der Waals surface area contributed by atoms with E-state index >= 15 is 0 Å². The van der Waals surface area contributed by atoms with E-state index in [4.69, 9.17) is 4.74 Å². The van der Waals surface area contributed by atoms with E-state index in [1.54, 1.807) is 18.9 Å². The first-order valence-corrected chi connectivity index (χ1v) is 8.97. The Bertz CT molecular complexity index is 697. The lowest BCUT2D eigenvalue weighted by atomic mass is 10.00. The van der Waals surface area contributed by atoms with Gasteiger partial charge in [0.05, 0.1) is 18.4 Å². The van der Waals surface area contributed by atoms with Gasteiger partial charge < -0.3 is 10.1 Å². The summed E-state index contributed by atoms with van der Waals surface area (Å²) in [5, 5.41) is 2.96. The summed E-state index contributed by atoms with van der Waals surface area (Å²) in [6.07, 6.45) is 0. The number of hydrogen-bond donors (Lipinski definition) is 1. The molecule has 2 aromatic carbocycles. The molecule has 2 rings (SSSR count). The monoisotopic (exact) mass is 343 g/mol. The van der Waals surface area contributed by atoms with E-state index in [2.05, 4.69) is 37.4 Å². The van der Waals surface area contributed by atoms with Crippen LogP contribution in [-0.2, 0) is 4.79 Å². The minimum absolute atomic E-state index is 0.00341. The highest BCUT2D eigenvalue weighted by Crippen LogP contribution is 2.26. The molecule has 2 aromatic rings.